The van der Waals surface area contributed by atoms with Gasteiger partial charge < -0.3 is 10.2 Å². The number of anilines is 1. The molecule has 0 radical (unpaired) electrons. The van der Waals surface area contributed by atoms with E-state index in [0.717, 1.165) is 59.4 Å². The molecule has 10 heteroatoms. The Hall–Kier alpha value is -3.07. The molecule has 1 aliphatic carbocycles. The van der Waals surface area contributed by atoms with Gasteiger partial charge in [-0.25, -0.2) is 8.42 Å². The van der Waals surface area contributed by atoms with Gasteiger partial charge in [0.25, 0.3) is 0 Å². The molecular formula is C33H39Cl2N3O4S. The highest BCUT2D eigenvalue weighted by Gasteiger charge is 2.34. The molecule has 3 aromatic carbocycles. The van der Waals surface area contributed by atoms with Crippen LogP contribution in [0.25, 0.3) is 0 Å². The summed E-state index contributed by atoms with van der Waals surface area (Å²) in [7, 11) is -3.85. The molecular weight excluding hydrogens is 605 g/mol. The van der Waals surface area contributed by atoms with Crippen LogP contribution in [0.15, 0.2) is 66.7 Å². The minimum Gasteiger partial charge on any atom is -0.352 e. The first kappa shape index (κ1) is 32.8. The van der Waals surface area contributed by atoms with E-state index in [4.69, 9.17) is 23.2 Å². The molecule has 0 spiro atoms. The highest BCUT2D eigenvalue weighted by molar-refractivity contribution is 7.92. The van der Waals surface area contributed by atoms with E-state index in [9.17, 15) is 18.0 Å². The van der Waals surface area contributed by atoms with Gasteiger partial charge in [0, 0.05) is 19.0 Å². The van der Waals surface area contributed by atoms with Crippen LogP contribution < -0.4 is 9.62 Å². The van der Waals surface area contributed by atoms with Gasteiger partial charge in [0.15, 0.2) is 0 Å². The van der Waals surface area contributed by atoms with Gasteiger partial charge in [0.1, 0.15) is 12.6 Å². The van der Waals surface area contributed by atoms with Crippen LogP contribution >= 0.6 is 23.2 Å². The predicted molar refractivity (Wildman–Crippen MR) is 174 cm³/mol. The lowest BCUT2D eigenvalue weighted by Gasteiger charge is -2.35. The Morgan fingerprint density at radius 3 is 2.26 bits per heavy atom. The lowest BCUT2D eigenvalue weighted by atomic mass is 9.94. The van der Waals surface area contributed by atoms with Crippen LogP contribution in [0.4, 0.5) is 5.69 Å². The molecule has 0 saturated heterocycles. The quantitative estimate of drug-likeness (QED) is 0.260. The number of benzene rings is 3. The molecule has 0 unspecified atom stereocenters. The molecule has 1 atom stereocenters. The van der Waals surface area contributed by atoms with Gasteiger partial charge in [-0.05, 0) is 67.1 Å². The number of aryl methyl sites for hydroxylation is 2. The van der Waals surface area contributed by atoms with Crippen molar-refractivity contribution in [2.45, 2.75) is 71.0 Å². The Kier molecular flexibility index (Phi) is 11.2. The maximum atomic E-state index is 14.3. The maximum Gasteiger partial charge on any atom is 0.244 e. The summed E-state index contributed by atoms with van der Waals surface area (Å²) in [4.78, 5) is 29.9. The van der Waals surface area contributed by atoms with Gasteiger partial charge in [-0.15, -0.1) is 0 Å². The highest BCUT2D eigenvalue weighted by Crippen LogP contribution is 2.27. The summed E-state index contributed by atoms with van der Waals surface area (Å²) in [6.45, 7) is 3.25. The van der Waals surface area contributed by atoms with E-state index < -0.39 is 28.5 Å². The molecule has 43 heavy (non-hydrogen) atoms. The van der Waals surface area contributed by atoms with Crippen molar-refractivity contribution in [1.82, 2.24) is 10.2 Å². The van der Waals surface area contributed by atoms with Gasteiger partial charge >= 0.3 is 0 Å². The Labute approximate surface area is 265 Å². The van der Waals surface area contributed by atoms with Crippen LogP contribution in [0.2, 0.25) is 10.0 Å². The number of sulfonamides is 1. The Morgan fingerprint density at radius 1 is 0.907 bits per heavy atom. The molecule has 7 nitrogen and oxygen atoms in total. The van der Waals surface area contributed by atoms with Crippen molar-refractivity contribution in [3.05, 3.63) is 99.0 Å². The standard InChI is InChI=1S/C33H39Cl2N3O4S/c1-23-14-15-24(2)30(18-23)38(43(3,41)42)22-32(39)37(21-26-16-17-28(34)29(35)19-26)31(20-25-10-6-4-7-11-25)33(40)36-27-12-8-5-9-13-27/h4,6-7,10-11,14-19,27,31H,5,8-9,12-13,20-22H2,1-3H3,(H,36,40)/t31-/m1/s1. The Bertz CT molecular complexity index is 1540. The summed E-state index contributed by atoms with van der Waals surface area (Å²) in [5.41, 5.74) is 3.56. The summed E-state index contributed by atoms with van der Waals surface area (Å²) in [5.74, 6) is -0.765. The van der Waals surface area contributed by atoms with Crippen molar-refractivity contribution >= 4 is 50.7 Å². The summed E-state index contributed by atoms with van der Waals surface area (Å²) in [6.07, 6.45) is 6.34. The summed E-state index contributed by atoms with van der Waals surface area (Å²) in [6, 6.07) is 19.2. The molecule has 0 bridgehead atoms. The van der Waals surface area contributed by atoms with Gasteiger partial charge in [0.2, 0.25) is 21.8 Å². The monoisotopic (exact) mass is 643 g/mol. The summed E-state index contributed by atoms with van der Waals surface area (Å²) >= 11 is 12.5. The molecule has 0 aromatic heterocycles. The molecule has 4 rings (SSSR count). The van der Waals surface area contributed by atoms with Crippen molar-refractivity contribution in [1.29, 1.82) is 0 Å². The molecule has 1 fully saturated rings. The second-order valence-electron chi connectivity index (χ2n) is 11.4. The number of hydrogen-bond donors (Lipinski definition) is 1. The number of nitrogens with zero attached hydrogens (tertiary/aromatic N) is 2. The van der Waals surface area contributed by atoms with E-state index in [1.165, 1.54) is 4.90 Å². The zero-order valence-corrected chi connectivity index (χ0v) is 27.2. The van der Waals surface area contributed by atoms with Gasteiger partial charge in [-0.2, -0.15) is 0 Å². The smallest absolute Gasteiger partial charge is 0.244 e. The number of halogens is 2. The fourth-order valence-electron chi connectivity index (χ4n) is 5.52. The van der Waals surface area contributed by atoms with Gasteiger partial charge in [0.05, 0.1) is 22.0 Å². The summed E-state index contributed by atoms with van der Waals surface area (Å²) < 4.78 is 27.3. The molecule has 1 saturated carbocycles. The Balaban J connectivity index is 1.76. The minimum absolute atomic E-state index is 0.0314. The fourth-order valence-corrected chi connectivity index (χ4v) is 6.74. The number of rotatable bonds is 11. The number of amides is 2. The third kappa shape index (κ3) is 8.97. The molecule has 1 N–H and O–H groups in total. The fraction of sp³-hybridized carbons (Fsp3) is 0.394. The van der Waals surface area contributed by atoms with Crippen LogP contribution in [0.3, 0.4) is 0 Å². The number of carbonyl (C=O) groups excluding carboxylic acids is 2. The van der Waals surface area contributed by atoms with E-state index in [0.29, 0.717) is 21.3 Å². The largest absolute Gasteiger partial charge is 0.352 e. The van der Waals surface area contributed by atoms with Crippen molar-refractivity contribution in [2.75, 3.05) is 17.1 Å². The molecule has 230 valence electrons. The first-order chi connectivity index (χ1) is 20.4. The first-order valence-corrected chi connectivity index (χ1v) is 17.2. The van der Waals surface area contributed by atoms with E-state index in [1.807, 2.05) is 49.4 Å². The van der Waals surface area contributed by atoms with Crippen LogP contribution in [-0.2, 0) is 32.6 Å². The van der Waals surface area contributed by atoms with Crippen molar-refractivity contribution < 1.29 is 18.0 Å². The zero-order valence-electron chi connectivity index (χ0n) is 24.9. The zero-order chi connectivity index (χ0) is 31.1. The van der Waals surface area contributed by atoms with Crippen molar-refractivity contribution in [3.8, 4) is 0 Å². The second kappa shape index (κ2) is 14.6. The van der Waals surface area contributed by atoms with Crippen LogP contribution in [0, 0.1) is 13.8 Å². The van der Waals surface area contributed by atoms with Crippen LogP contribution in [0.5, 0.6) is 0 Å². The van der Waals surface area contributed by atoms with Gasteiger partial charge in [-0.3, -0.25) is 13.9 Å². The van der Waals surface area contributed by atoms with E-state index in [-0.39, 0.29) is 24.9 Å². The molecule has 0 aliphatic heterocycles. The molecule has 2 amide bonds. The lowest BCUT2D eigenvalue weighted by Crippen LogP contribution is -2.55. The van der Waals surface area contributed by atoms with E-state index in [2.05, 4.69) is 5.32 Å². The normalized spacial score (nSPS) is 14.6. The summed E-state index contributed by atoms with van der Waals surface area (Å²) in [5, 5.41) is 3.90. The van der Waals surface area contributed by atoms with Crippen LogP contribution in [-0.4, -0.2) is 50.0 Å². The molecule has 3 aromatic rings. The average Bonchev–Trinajstić information content (AvgIpc) is 2.97. The lowest BCUT2D eigenvalue weighted by molar-refractivity contribution is -0.140. The van der Waals surface area contributed by atoms with E-state index >= 15 is 0 Å². The Morgan fingerprint density at radius 2 is 1.60 bits per heavy atom. The average molecular weight is 645 g/mol. The molecule has 0 heterocycles. The first-order valence-electron chi connectivity index (χ1n) is 14.5. The minimum atomic E-state index is -3.85. The maximum absolute atomic E-state index is 14.3. The number of nitrogens with one attached hydrogen (secondary N) is 1. The molecule has 1 aliphatic rings. The SMILES string of the molecule is Cc1ccc(C)c(N(CC(=O)N(Cc2ccc(Cl)c(Cl)c2)[C@H](Cc2ccccc2)C(=O)NC2CCCCC2)S(C)(=O)=O)c1. The second-order valence-corrected chi connectivity index (χ2v) is 14.1. The third-order valence-corrected chi connectivity index (χ3v) is 9.74. The topological polar surface area (TPSA) is 86.8 Å². The van der Waals surface area contributed by atoms with Gasteiger partial charge in [-0.1, -0.05) is 91.0 Å². The van der Waals surface area contributed by atoms with E-state index in [1.54, 1.807) is 31.2 Å². The number of carbonyl (C=O) groups is 2. The predicted octanol–water partition coefficient (Wildman–Crippen LogP) is 6.47. The highest BCUT2D eigenvalue weighted by atomic mass is 35.5. The third-order valence-electron chi connectivity index (χ3n) is 7.87. The number of hydrogen-bond acceptors (Lipinski definition) is 4. The van der Waals surface area contributed by atoms with Crippen molar-refractivity contribution in [3.63, 3.8) is 0 Å². The van der Waals surface area contributed by atoms with Crippen molar-refractivity contribution in [2.24, 2.45) is 0 Å². The van der Waals surface area contributed by atoms with Crippen LogP contribution in [0.1, 0.15) is 54.4 Å².